The first-order valence-electron chi connectivity index (χ1n) is 2.06. The Morgan fingerprint density at radius 1 is 1.62 bits per heavy atom. The van der Waals surface area contributed by atoms with E-state index in [9.17, 15) is 4.79 Å². The Balaban J connectivity index is 3.55. The molecule has 2 N–H and O–H groups in total. The first-order valence-corrected chi connectivity index (χ1v) is 4.92. The molecule has 0 aromatic rings. The van der Waals surface area contributed by atoms with E-state index >= 15 is 0 Å². The highest BCUT2D eigenvalue weighted by Crippen LogP contribution is 1.96. The van der Waals surface area contributed by atoms with Crippen molar-refractivity contribution in [3.63, 3.8) is 0 Å². The third kappa shape index (κ3) is 5.45. The molecule has 0 atom stereocenters. The Morgan fingerprint density at radius 2 is 2.00 bits per heavy atom. The van der Waals surface area contributed by atoms with Crippen LogP contribution in [0.5, 0.6) is 0 Å². The molecule has 0 rings (SSSR count). The highest BCUT2D eigenvalue weighted by Gasteiger charge is 2.23. The van der Waals surface area contributed by atoms with Crippen molar-refractivity contribution in [3.8, 4) is 0 Å². The van der Waals surface area contributed by atoms with E-state index in [4.69, 9.17) is 9.90 Å². The van der Waals surface area contributed by atoms with Gasteiger partial charge in [0.1, 0.15) is 0 Å². The third-order valence-corrected chi connectivity index (χ3v) is 1.01. The molecule has 48 valence electrons. The second-order valence-electron chi connectivity index (χ2n) is 1.81. The summed E-state index contributed by atoms with van der Waals surface area (Å²) in [6, 6.07) is 0. The summed E-state index contributed by atoms with van der Waals surface area (Å²) in [6.45, 7) is 2.75. The second-order valence-corrected chi connectivity index (χ2v) is 4.91. The van der Waals surface area contributed by atoms with Gasteiger partial charge in [-0.15, -0.1) is 0 Å². The van der Waals surface area contributed by atoms with E-state index in [0.29, 0.717) is 0 Å². The van der Waals surface area contributed by atoms with Crippen LogP contribution in [-0.2, 0) is 4.43 Å². The fraction of sp³-hybridized carbons (Fsp3) is 0.667. The average Bonchev–Trinajstić information content (AvgIpc) is 1.21. The lowest BCUT2D eigenvalue weighted by Gasteiger charge is -2.10. The smallest absolute Gasteiger partial charge is 0.464 e. The average molecular weight is 136 g/mol. The molecule has 0 aromatic heterocycles. The summed E-state index contributed by atoms with van der Waals surface area (Å²) < 4.78 is 4.05. The largest absolute Gasteiger partial charge is 0.493 e. The maximum atomic E-state index is 9.67. The molecule has 0 aliphatic carbocycles. The Bertz CT molecular complexity index is 93.9. The normalized spacial score (nSPS) is 10.9. The Kier molecular flexibility index (Phi) is 2.00. The van der Waals surface area contributed by atoms with E-state index in [2.05, 4.69) is 4.43 Å². The zero-order chi connectivity index (χ0) is 6.78. The fourth-order valence-electron chi connectivity index (χ4n) is 0.214. The van der Waals surface area contributed by atoms with Crippen molar-refractivity contribution in [2.24, 2.45) is 0 Å². The van der Waals surface area contributed by atoms with Crippen molar-refractivity contribution in [1.29, 1.82) is 0 Å². The van der Waals surface area contributed by atoms with Crippen LogP contribution in [0, 0.1) is 0 Å². The molecule has 8 heavy (non-hydrogen) atoms. The van der Waals surface area contributed by atoms with Gasteiger partial charge in [-0.3, -0.25) is 0 Å². The minimum Gasteiger partial charge on any atom is -0.464 e. The minimum atomic E-state index is -2.82. The summed E-state index contributed by atoms with van der Waals surface area (Å²) in [7, 11) is -2.82. The standard InChI is InChI=1S/C3H8O4Si/c1-8(2,6)7-3(4)5/h6H,1-2H3,(H,4,5). The van der Waals surface area contributed by atoms with Gasteiger partial charge < -0.3 is 14.3 Å². The molecule has 0 aliphatic heterocycles. The van der Waals surface area contributed by atoms with Crippen molar-refractivity contribution < 1.29 is 19.1 Å². The summed E-state index contributed by atoms with van der Waals surface area (Å²) in [5, 5.41) is 7.90. The summed E-state index contributed by atoms with van der Waals surface area (Å²) >= 11 is 0. The molecular weight excluding hydrogens is 128 g/mol. The van der Waals surface area contributed by atoms with Gasteiger partial charge in [-0.2, -0.15) is 0 Å². The van der Waals surface area contributed by atoms with E-state index in [1.165, 1.54) is 13.1 Å². The molecule has 0 spiro atoms. The second kappa shape index (κ2) is 2.14. The molecule has 0 bridgehead atoms. The summed E-state index contributed by atoms with van der Waals surface area (Å²) in [6.07, 6.45) is -1.41. The van der Waals surface area contributed by atoms with E-state index in [1.54, 1.807) is 0 Å². The lowest BCUT2D eigenvalue weighted by atomic mass is 11.5. The van der Waals surface area contributed by atoms with Crippen LogP contribution in [0.3, 0.4) is 0 Å². The van der Waals surface area contributed by atoms with Gasteiger partial charge in [0.25, 0.3) is 0 Å². The molecule has 0 aromatic carbocycles. The van der Waals surface area contributed by atoms with Gasteiger partial charge in [0.05, 0.1) is 0 Å². The van der Waals surface area contributed by atoms with E-state index in [0.717, 1.165) is 0 Å². The molecule has 0 saturated carbocycles. The number of rotatable bonds is 1. The lowest BCUT2D eigenvalue weighted by molar-refractivity contribution is 0.131. The van der Waals surface area contributed by atoms with Gasteiger partial charge in [-0.1, -0.05) is 0 Å². The number of carbonyl (C=O) groups is 1. The Labute approximate surface area is 48.0 Å². The van der Waals surface area contributed by atoms with Gasteiger partial charge in [0, 0.05) is 0 Å². The predicted molar refractivity (Wildman–Crippen MR) is 28.8 cm³/mol. The van der Waals surface area contributed by atoms with Crippen molar-refractivity contribution >= 4 is 14.7 Å². The molecule has 0 amide bonds. The zero-order valence-electron chi connectivity index (χ0n) is 4.71. The quantitative estimate of drug-likeness (QED) is 0.511. The predicted octanol–water partition coefficient (Wildman–Crippen LogP) is 0.375. The Hall–Kier alpha value is -0.553. The van der Waals surface area contributed by atoms with Crippen LogP contribution < -0.4 is 0 Å². The number of hydrogen-bond acceptors (Lipinski definition) is 3. The highest BCUT2D eigenvalue weighted by atomic mass is 28.4. The fourth-order valence-corrected chi connectivity index (χ4v) is 0.641. The molecule has 0 aliphatic rings. The van der Waals surface area contributed by atoms with E-state index in [-0.39, 0.29) is 0 Å². The molecule has 0 heterocycles. The molecule has 0 unspecified atom stereocenters. The summed E-state index contributed by atoms with van der Waals surface area (Å²) in [5.41, 5.74) is 0. The van der Waals surface area contributed by atoms with Gasteiger partial charge in [-0.25, -0.2) is 4.79 Å². The van der Waals surface area contributed by atoms with Crippen molar-refractivity contribution in [3.05, 3.63) is 0 Å². The monoisotopic (exact) mass is 136 g/mol. The minimum absolute atomic E-state index is 1.38. The highest BCUT2D eigenvalue weighted by molar-refractivity contribution is 6.64. The van der Waals surface area contributed by atoms with Crippen LogP contribution in [0.1, 0.15) is 0 Å². The van der Waals surface area contributed by atoms with Crippen LogP contribution in [0.4, 0.5) is 4.79 Å². The van der Waals surface area contributed by atoms with Crippen LogP contribution in [0.15, 0.2) is 0 Å². The van der Waals surface area contributed by atoms with Crippen molar-refractivity contribution in [2.45, 2.75) is 13.1 Å². The number of hydrogen-bond donors (Lipinski definition) is 2. The lowest BCUT2D eigenvalue weighted by Crippen LogP contribution is -2.32. The third-order valence-electron chi connectivity index (χ3n) is 0.337. The molecule has 5 heteroatoms. The van der Waals surface area contributed by atoms with Gasteiger partial charge in [0.15, 0.2) is 0 Å². The topological polar surface area (TPSA) is 66.8 Å². The van der Waals surface area contributed by atoms with Crippen molar-refractivity contribution in [1.82, 2.24) is 0 Å². The molecule has 4 nitrogen and oxygen atoms in total. The summed E-state index contributed by atoms with van der Waals surface area (Å²) in [4.78, 5) is 18.4. The first kappa shape index (κ1) is 7.45. The van der Waals surface area contributed by atoms with Crippen molar-refractivity contribution in [2.75, 3.05) is 0 Å². The van der Waals surface area contributed by atoms with Crippen LogP contribution in [-0.4, -0.2) is 24.6 Å². The van der Waals surface area contributed by atoms with Crippen LogP contribution in [0.25, 0.3) is 0 Å². The van der Waals surface area contributed by atoms with Crippen LogP contribution in [0.2, 0.25) is 13.1 Å². The van der Waals surface area contributed by atoms with E-state index in [1.807, 2.05) is 0 Å². The molecular formula is C3H8O4Si. The first-order chi connectivity index (χ1) is 3.42. The molecule has 0 saturated heterocycles. The van der Waals surface area contributed by atoms with E-state index < -0.39 is 14.7 Å². The van der Waals surface area contributed by atoms with Gasteiger partial charge in [-0.05, 0) is 13.1 Å². The summed E-state index contributed by atoms with van der Waals surface area (Å²) in [5.74, 6) is 0. The number of carboxylic acid groups (broad SMARTS) is 1. The van der Waals surface area contributed by atoms with Gasteiger partial charge in [0.2, 0.25) is 0 Å². The van der Waals surface area contributed by atoms with Gasteiger partial charge >= 0.3 is 14.7 Å². The molecule has 0 radical (unpaired) electrons. The SMILES string of the molecule is C[Si](C)(O)OC(=O)O. The maximum Gasteiger partial charge on any atom is 0.493 e. The van der Waals surface area contributed by atoms with Crippen LogP contribution >= 0.6 is 0 Å². The molecule has 0 fully saturated rings. The Morgan fingerprint density at radius 3 is 2.00 bits per heavy atom. The maximum absolute atomic E-state index is 9.67. The zero-order valence-corrected chi connectivity index (χ0v) is 5.71.